The molecule has 0 bridgehead atoms. The molecule has 0 radical (unpaired) electrons. The van der Waals surface area contributed by atoms with Gasteiger partial charge in [-0.2, -0.15) is 0 Å². The summed E-state index contributed by atoms with van der Waals surface area (Å²) in [7, 11) is 0. The Morgan fingerprint density at radius 3 is 0.633 bits per heavy atom. The highest BCUT2D eigenvalue weighted by Gasteiger charge is 2.21. The lowest BCUT2D eigenvalue weighted by Crippen LogP contribution is -2.40. The zero-order chi connectivity index (χ0) is 65.9. The lowest BCUT2D eigenvalue weighted by Gasteiger charge is -2.26. The quantitative estimate of drug-likeness (QED) is 0.0329. The van der Waals surface area contributed by atoms with Crippen LogP contribution in [0.1, 0.15) is 297 Å². The summed E-state index contributed by atoms with van der Waals surface area (Å²) in [5.41, 5.74) is 0. The summed E-state index contributed by atoms with van der Waals surface area (Å²) in [6.07, 6.45) is 47.0. The van der Waals surface area contributed by atoms with E-state index in [0.717, 1.165) is 77.0 Å². The van der Waals surface area contributed by atoms with Crippen LogP contribution in [0, 0.1) is 0 Å². The molecule has 0 amide bonds. The molecule has 18 nitrogen and oxygen atoms in total. The van der Waals surface area contributed by atoms with Crippen LogP contribution in [0.4, 0.5) is 0 Å². The molecule has 0 rings (SSSR count). The van der Waals surface area contributed by atoms with E-state index in [2.05, 4.69) is 27.7 Å². The van der Waals surface area contributed by atoms with Crippen molar-refractivity contribution in [2.75, 3.05) is 131 Å². The van der Waals surface area contributed by atoms with E-state index in [9.17, 15) is 39.0 Å². The summed E-state index contributed by atoms with van der Waals surface area (Å²) >= 11 is 0. The number of nitrogens with zero attached hydrogens (tertiary/aromatic N) is 4. The van der Waals surface area contributed by atoms with Gasteiger partial charge in [0.25, 0.3) is 0 Å². The maximum absolute atomic E-state index is 13.1. The van der Waals surface area contributed by atoms with Crippen LogP contribution in [-0.4, -0.2) is 197 Å². The number of aliphatic hydroxyl groups excluding tert-OH is 2. The fourth-order valence-electron chi connectivity index (χ4n) is 10.9. The molecule has 90 heavy (non-hydrogen) atoms. The van der Waals surface area contributed by atoms with Gasteiger partial charge in [-0.3, -0.25) is 48.4 Å². The molecule has 18 heteroatoms. The van der Waals surface area contributed by atoms with Crippen molar-refractivity contribution in [3.8, 4) is 0 Å². The van der Waals surface area contributed by atoms with Crippen molar-refractivity contribution < 1.29 is 67.4 Å². The first kappa shape index (κ1) is 86.6. The van der Waals surface area contributed by atoms with Crippen LogP contribution in [-0.2, 0) is 57.2 Å². The molecule has 0 aliphatic heterocycles. The smallest absolute Gasteiger partial charge is 0.320 e. The first-order chi connectivity index (χ1) is 44.0. The van der Waals surface area contributed by atoms with Crippen molar-refractivity contribution in [3.05, 3.63) is 0 Å². The van der Waals surface area contributed by atoms with Crippen LogP contribution in [0.5, 0.6) is 0 Å². The topological polar surface area (TPSA) is 211 Å². The summed E-state index contributed by atoms with van der Waals surface area (Å²) in [5.74, 6) is -2.71. The van der Waals surface area contributed by atoms with E-state index >= 15 is 0 Å². The summed E-state index contributed by atoms with van der Waals surface area (Å²) in [4.78, 5) is 85.0. The molecule has 0 aliphatic carbocycles. The number of ether oxygens (including phenoxy) is 6. The summed E-state index contributed by atoms with van der Waals surface area (Å²) in [6, 6.07) is 0. The van der Waals surface area contributed by atoms with Crippen LogP contribution in [0.25, 0.3) is 0 Å². The molecule has 0 saturated heterocycles. The highest BCUT2D eigenvalue weighted by Crippen LogP contribution is 2.15. The van der Waals surface area contributed by atoms with Crippen molar-refractivity contribution >= 4 is 35.8 Å². The molecule has 0 unspecified atom stereocenters. The maximum atomic E-state index is 13.1. The van der Waals surface area contributed by atoms with Gasteiger partial charge in [-0.15, -0.1) is 0 Å². The average Bonchev–Trinajstić information content (AvgIpc) is 3.73. The number of hydrogen-bond donors (Lipinski definition) is 2. The number of hydrogen-bond acceptors (Lipinski definition) is 18. The molecule has 0 heterocycles. The maximum Gasteiger partial charge on any atom is 0.320 e. The van der Waals surface area contributed by atoms with E-state index in [1.807, 2.05) is 9.80 Å². The van der Waals surface area contributed by atoms with E-state index in [0.29, 0.717) is 39.5 Å². The van der Waals surface area contributed by atoms with Gasteiger partial charge in [-0.05, 0) is 25.7 Å². The first-order valence-corrected chi connectivity index (χ1v) is 37.1. The predicted molar refractivity (Wildman–Crippen MR) is 362 cm³/mol. The van der Waals surface area contributed by atoms with Gasteiger partial charge in [0, 0.05) is 52.4 Å². The van der Waals surface area contributed by atoms with Gasteiger partial charge < -0.3 is 38.6 Å². The number of unbranched alkanes of at least 4 members (excludes halogenated alkanes) is 36. The monoisotopic (exact) mass is 1280 g/mol. The Balaban J connectivity index is 5.19. The molecular formula is C72H138N4O14. The van der Waals surface area contributed by atoms with Gasteiger partial charge in [-0.25, -0.2) is 0 Å². The summed E-state index contributed by atoms with van der Waals surface area (Å²) < 4.78 is 33.4. The molecule has 0 aromatic heterocycles. The van der Waals surface area contributed by atoms with E-state index in [4.69, 9.17) is 28.4 Å². The van der Waals surface area contributed by atoms with Crippen LogP contribution in [0.15, 0.2) is 0 Å². The Kier molecular flexibility index (Phi) is 65.8. The second kappa shape index (κ2) is 68.4. The Bertz CT molecular complexity index is 1450. The van der Waals surface area contributed by atoms with Crippen molar-refractivity contribution in [1.29, 1.82) is 0 Å². The molecule has 0 atom stereocenters. The zero-order valence-electron chi connectivity index (χ0n) is 58.4. The third-order valence-electron chi connectivity index (χ3n) is 16.6. The molecule has 0 saturated carbocycles. The van der Waals surface area contributed by atoms with Crippen LogP contribution < -0.4 is 0 Å². The lowest BCUT2D eigenvalue weighted by molar-refractivity contribution is -0.152. The summed E-state index contributed by atoms with van der Waals surface area (Å²) in [6.45, 7) is 11.5. The Hall–Kier alpha value is -3.42. The highest BCUT2D eigenvalue weighted by molar-refractivity contribution is 5.76. The largest absolute Gasteiger partial charge is 0.465 e. The lowest BCUT2D eigenvalue weighted by atomic mass is 10.1. The summed E-state index contributed by atoms with van der Waals surface area (Å²) in [5, 5.41) is 19.8. The minimum absolute atomic E-state index is 0.0271. The van der Waals surface area contributed by atoms with Gasteiger partial charge >= 0.3 is 35.8 Å². The molecule has 0 aromatic carbocycles. The van der Waals surface area contributed by atoms with E-state index in [-0.39, 0.29) is 105 Å². The average molecular weight is 1280 g/mol. The third kappa shape index (κ3) is 62.1. The minimum atomic E-state index is -0.471. The molecule has 530 valence electrons. The standard InChI is InChI=1S/C72H138N4O14/c1-5-9-13-17-21-25-29-33-37-41-57-85-69(81)63-75(64-70(82)86-58-42-38-34-30-26-22-18-14-10-6-2)53-61-89-67(79)45-47-73(51-55-77)49-50-74(52-56-78)48-46-68(80)90-62-54-76(65-71(83)87-59-43-39-35-31-27-23-19-15-11-7-3)66-72(84)88-60-44-40-36-32-28-24-20-16-12-8-4/h77-78H,5-66H2,1-4H3. The van der Waals surface area contributed by atoms with Gasteiger partial charge in [0.2, 0.25) is 0 Å². The van der Waals surface area contributed by atoms with E-state index in [1.54, 1.807) is 9.80 Å². The predicted octanol–water partition coefficient (Wildman–Crippen LogP) is 13.9. The van der Waals surface area contributed by atoms with E-state index < -0.39 is 35.8 Å². The minimum Gasteiger partial charge on any atom is -0.465 e. The molecule has 0 aliphatic rings. The first-order valence-electron chi connectivity index (χ1n) is 37.1. The number of carbonyl (C=O) groups excluding carboxylic acids is 6. The van der Waals surface area contributed by atoms with Crippen molar-refractivity contribution in [2.45, 2.75) is 297 Å². The third-order valence-corrected chi connectivity index (χ3v) is 16.6. The van der Waals surface area contributed by atoms with Crippen molar-refractivity contribution in [1.82, 2.24) is 19.6 Å². The second-order valence-corrected chi connectivity index (χ2v) is 25.1. The molecular weight excluding hydrogens is 1140 g/mol. The van der Waals surface area contributed by atoms with Crippen molar-refractivity contribution in [3.63, 3.8) is 0 Å². The SMILES string of the molecule is CCCCCCCCCCCCOC(=O)CN(CCOC(=O)CCN(CCO)CCN(CCO)CCC(=O)OCCN(CC(=O)OCCCCCCCCCCCC)CC(=O)OCCCCCCCCCCCC)CC(=O)OCCCCCCCCCCCC. The number of esters is 6. The van der Waals surface area contributed by atoms with Crippen LogP contribution in [0.3, 0.4) is 0 Å². The van der Waals surface area contributed by atoms with Gasteiger partial charge in [0.1, 0.15) is 13.2 Å². The van der Waals surface area contributed by atoms with Crippen LogP contribution >= 0.6 is 0 Å². The van der Waals surface area contributed by atoms with Gasteiger partial charge in [-0.1, -0.05) is 259 Å². The molecule has 0 spiro atoms. The zero-order valence-corrected chi connectivity index (χ0v) is 58.4. The number of rotatable bonds is 71. The molecule has 2 N–H and O–H groups in total. The van der Waals surface area contributed by atoms with E-state index in [1.165, 1.54) is 180 Å². The Morgan fingerprint density at radius 1 is 0.222 bits per heavy atom. The fourth-order valence-corrected chi connectivity index (χ4v) is 10.9. The Morgan fingerprint density at radius 2 is 0.422 bits per heavy atom. The number of aliphatic hydroxyl groups is 2. The molecule has 0 aromatic rings. The fraction of sp³-hybridized carbons (Fsp3) is 0.917. The highest BCUT2D eigenvalue weighted by atomic mass is 16.6. The number of carbonyl (C=O) groups is 6. The van der Waals surface area contributed by atoms with Crippen LogP contribution in [0.2, 0.25) is 0 Å². The normalized spacial score (nSPS) is 11.5. The van der Waals surface area contributed by atoms with Gasteiger partial charge in [0.05, 0.1) is 78.7 Å². The van der Waals surface area contributed by atoms with Crippen molar-refractivity contribution in [2.24, 2.45) is 0 Å². The van der Waals surface area contributed by atoms with Gasteiger partial charge in [0.15, 0.2) is 0 Å². The molecule has 0 fully saturated rings. The Labute approximate surface area is 549 Å². The second-order valence-electron chi connectivity index (χ2n) is 25.1.